The van der Waals surface area contributed by atoms with E-state index < -0.39 is 22.4 Å². The molecule has 0 spiro atoms. The Kier molecular flexibility index (Phi) is 4.73. The Balaban J connectivity index is 2.48. The Morgan fingerprint density at radius 3 is 2.69 bits per heavy atom. The van der Waals surface area contributed by atoms with Crippen LogP contribution in [-0.4, -0.2) is 29.1 Å². The normalized spacial score (nSPS) is 11.0. The van der Waals surface area contributed by atoms with E-state index in [9.17, 15) is 18.3 Å². The minimum atomic E-state index is -2.87. The molecule has 0 saturated heterocycles. The van der Waals surface area contributed by atoms with Crippen LogP contribution in [0.15, 0.2) is 36.4 Å². The van der Waals surface area contributed by atoms with E-state index in [1.165, 1.54) is 4.52 Å². The van der Waals surface area contributed by atoms with Gasteiger partial charge in [0.15, 0.2) is 5.69 Å². The first-order chi connectivity index (χ1) is 12.5. The molecule has 0 aliphatic carbocycles. The number of fused-ring (bicyclic) bond motifs is 1. The van der Waals surface area contributed by atoms with Crippen molar-refractivity contribution in [3.63, 3.8) is 0 Å². The van der Waals surface area contributed by atoms with E-state index in [1.807, 2.05) is 19.1 Å². The smallest absolute Gasteiger partial charge is 0.356 e. The molecule has 0 unspecified atom stereocenters. The molecule has 132 valence electrons. The third kappa shape index (κ3) is 3.05. The monoisotopic (exact) mass is 369 g/mol. The number of rotatable bonds is 5. The molecule has 3 rings (SSSR count). The van der Waals surface area contributed by atoms with E-state index in [4.69, 9.17) is 5.26 Å². The van der Waals surface area contributed by atoms with Crippen molar-refractivity contribution in [2.45, 2.75) is 19.1 Å². The van der Waals surface area contributed by atoms with Crippen LogP contribution in [0.5, 0.6) is 0 Å². The molecule has 0 saturated carbocycles. The van der Waals surface area contributed by atoms with Gasteiger partial charge in [-0.1, -0.05) is 19.1 Å². The fourth-order valence-corrected chi connectivity index (χ4v) is 3.57. The van der Waals surface area contributed by atoms with Crippen molar-refractivity contribution >= 4 is 22.2 Å². The van der Waals surface area contributed by atoms with E-state index in [0.29, 0.717) is 28.6 Å². The quantitative estimate of drug-likeness (QED) is 0.667. The second kappa shape index (κ2) is 6.98. The molecule has 1 aromatic carbocycles. The minimum absolute atomic E-state index is 0.122. The Hall–Kier alpha value is -3.18. The number of benzene rings is 1. The number of aromatic carboxylic acids is 1. The Morgan fingerprint density at radius 2 is 2.08 bits per heavy atom. The summed E-state index contributed by atoms with van der Waals surface area (Å²) < 4.78 is 24.3. The average molecular weight is 369 g/mol. The highest BCUT2D eigenvalue weighted by molar-refractivity contribution is 7.71. The summed E-state index contributed by atoms with van der Waals surface area (Å²) in [6.45, 7) is 1.92. The number of hydrogen-bond acceptors (Lipinski definition) is 5. The van der Waals surface area contributed by atoms with Crippen LogP contribution in [0.4, 0.5) is 0 Å². The fraction of sp³-hybridized carbons (Fsp3) is 0.167. The van der Waals surface area contributed by atoms with Gasteiger partial charge in [-0.3, -0.25) is 0 Å². The lowest BCUT2D eigenvalue weighted by atomic mass is 9.98. The highest BCUT2D eigenvalue weighted by Crippen LogP contribution is 2.32. The summed E-state index contributed by atoms with van der Waals surface area (Å²) >= 11 is 0. The molecule has 0 atom stereocenters. The summed E-state index contributed by atoms with van der Waals surface area (Å²) in [4.78, 5) is 11.8. The van der Waals surface area contributed by atoms with Crippen molar-refractivity contribution in [3.05, 3.63) is 58.9 Å². The first-order valence-electron chi connectivity index (χ1n) is 7.85. The molecule has 0 amide bonds. The first-order valence-corrected chi connectivity index (χ1v) is 9.21. The molecule has 8 heteroatoms. The van der Waals surface area contributed by atoms with Gasteiger partial charge in [-0.2, -0.15) is 10.4 Å². The number of aromatic nitrogens is 2. The van der Waals surface area contributed by atoms with Crippen molar-refractivity contribution < 1.29 is 18.3 Å². The van der Waals surface area contributed by atoms with Crippen molar-refractivity contribution in [1.29, 1.82) is 5.26 Å². The second-order valence-corrected chi connectivity index (χ2v) is 6.65. The number of carboxylic acid groups (broad SMARTS) is 1. The van der Waals surface area contributed by atoms with Crippen LogP contribution in [0.3, 0.4) is 0 Å². The Bertz CT molecular complexity index is 1130. The summed E-state index contributed by atoms with van der Waals surface area (Å²) in [6.07, 6.45) is 0.632. The molecule has 0 aliphatic rings. The van der Waals surface area contributed by atoms with E-state index in [2.05, 4.69) is 5.10 Å². The molecule has 1 N–H and O–H groups in total. The van der Waals surface area contributed by atoms with E-state index in [-0.39, 0.29) is 11.3 Å². The average Bonchev–Trinajstić information content (AvgIpc) is 3.03. The first kappa shape index (κ1) is 17.6. The van der Waals surface area contributed by atoms with E-state index in [0.717, 1.165) is 5.69 Å². The lowest BCUT2D eigenvalue weighted by molar-refractivity contribution is 0.0688. The minimum Gasteiger partial charge on any atom is -0.476 e. The standard InChI is InChI=1S/C18H15N3O4S/c1-2-13-6-7-15-16(12-5-3-4-11(8-12)9-19)14(10-26(24)25)17(18(22)23)20-21(13)15/h3-8,26H,2,10H2,1H3,(H,22,23). The zero-order chi connectivity index (χ0) is 18.8. The van der Waals surface area contributed by atoms with Gasteiger partial charge in [-0.05, 0) is 36.2 Å². The largest absolute Gasteiger partial charge is 0.476 e. The van der Waals surface area contributed by atoms with Crippen LogP contribution < -0.4 is 0 Å². The molecule has 0 fully saturated rings. The van der Waals surface area contributed by atoms with E-state index in [1.54, 1.807) is 30.3 Å². The van der Waals surface area contributed by atoms with Gasteiger partial charge in [0, 0.05) is 16.8 Å². The SMILES string of the molecule is CCc1ccc2c(-c3cccc(C#N)c3)c(C[SH](=O)=O)c(C(=O)O)nn12. The van der Waals surface area contributed by atoms with Gasteiger partial charge in [0.05, 0.1) is 22.9 Å². The number of hydrogen-bond donors (Lipinski definition) is 2. The van der Waals surface area contributed by atoms with Gasteiger partial charge in [0.25, 0.3) is 0 Å². The van der Waals surface area contributed by atoms with Crippen LogP contribution >= 0.6 is 0 Å². The van der Waals surface area contributed by atoms with Crippen LogP contribution in [0.25, 0.3) is 16.6 Å². The molecular weight excluding hydrogens is 354 g/mol. The Labute approximate surface area is 151 Å². The van der Waals surface area contributed by atoms with Gasteiger partial charge in [-0.15, -0.1) is 0 Å². The summed E-state index contributed by atoms with van der Waals surface area (Å²) in [7, 11) is -2.87. The van der Waals surface area contributed by atoms with Crippen molar-refractivity contribution in [2.24, 2.45) is 0 Å². The number of carboxylic acids is 1. The molecule has 0 radical (unpaired) electrons. The van der Waals surface area contributed by atoms with Crippen LogP contribution in [-0.2, 0) is 22.9 Å². The maximum Gasteiger partial charge on any atom is 0.356 e. The van der Waals surface area contributed by atoms with Gasteiger partial charge >= 0.3 is 5.97 Å². The second-order valence-electron chi connectivity index (χ2n) is 5.67. The third-order valence-corrected chi connectivity index (χ3v) is 4.68. The molecule has 0 bridgehead atoms. The molecule has 7 nitrogen and oxygen atoms in total. The highest BCUT2D eigenvalue weighted by Gasteiger charge is 2.23. The maximum atomic E-state index is 11.8. The zero-order valence-corrected chi connectivity index (χ0v) is 14.7. The van der Waals surface area contributed by atoms with Crippen molar-refractivity contribution in [2.75, 3.05) is 0 Å². The lowest BCUT2D eigenvalue weighted by Gasteiger charge is -2.14. The highest BCUT2D eigenvalue weighted by atomic mass is 32.2. The summed E-state index contributed by atoms with van der Waals surface area (Å²) in [5, 5.41) is 22.9. The molecule has 26 heavy (non-hydrogen) atoms. The number of nitrogens with zero attached hydrogens (tertiary/aromatic N) is 3. The van der Waals surface area contributed by atoms with Gasteiger partial charge in [0.1, 0.15) is 10.7 Å². The third-order valence-electron chi connectivity index (χ3n) is 4.11. The lowest BCUT2D eigenvalue weighted by Crippen LogP contribution is -2.13. The number of nitriles is 1. The summed E-state index contributed by atoms with van der Waals surface area (Å²) in [5.74, 6) is -1.74. The van der Waals surface area contributed by atoms with Gasteiger partial charge in [0.2, 0.25) is 0 Å². The molecule has 0 aliphatic heterocycles. The number of aryl methyl sites for hydroxylation is 1. The predicted molar refractivity (Wildman–Crippen MR) is 95.7 cm³/mol. The number of carbonyl (C=O) groups is 1. The predicted octanol–water partition coefficient (Wildman–Crippen LogP) is 2.24. The topological polar surface area (TPSA) is 113 Å². The maximum absolute atomic E-state index is 11.8. The van der Waals surface area contributed by atoms with Gasteiger partial charge < -0.3 is 5.11 Å². The zero-order valence-electron chi connectivity index (χ0n) is 13.8. The van der Waals surface area contributed by atoms with E-state index >= 15 is 0 Å². The van der Waals surface area contributed by atoms with Crippen LogP contribution in [0.1, 0.15) is 34.2 Å². The molecule has 2 heterocycles. The Morgan fingerprint density at radius 1 is 1.31 bits per heavy atom. The molecule has 3 aromatic rings. The van der Waals surface area contributed by atoms with Crippen molar-refractivity contribution in [3.8, 4) is 17.2 Å². The number of thiol groups is 1. The summed E-state index contributed by atoms with van der Waals surface area (Å²) in [6, 6.07) is 12.3. The van der Waals surface area contributed by atoms with Gasteiger partial charge in [-0.25, -0.2) is 17.7 Å². The van der Waals surface area contributed by atoms with Crippen LogP contribution in [0, 0.1) is 11.3 Å². The molecule has 2 aromatic heterocycles. The van der Waals surface area contributed by atoms with Crippen LogP contribution in [0.2, 0.25) is 0 Å². The van der Waals surface area contributed by atoms with Crippen molar-refractivity contribution in [1.82, 2.24) is 9.61 Å². The fourth-order valence-electron chi connectivity index (χ4n) is 3.00. The molecular formula is C18H15N3O4S. The summed E-state index contributed by atoms with van der Waals surface area (Å²) in [5.41, 5.74) is 2.66.